The molecule has 1 heteroatoms. The molecule has 0 aliphatic carbocycles. The zero-order valence-electron chi connectivity index (χ0n) is 5.59. The van der Waals surface area contributed by atoms with E-state index in [1.54, 1.807) is 0 Å². The molecular formula is C7H11Cl. The summed E-state index contributed by atoms with van der Waals surface area (Å²) in [7, 11) is 0. The number of hydrogen-bond donors (Lipinski definition) is 0. The van der Waals surface area contributed by atoms with Crippen LogP contribution >= 0.6 is 11.6 Å². The molecule has 0 N–H and O–H groups in total. The molecule has 0 amide bonds. The summed E-state index contributed by atoms with van der Waals surface area (Å²) in [6.45, 7) is 5.88. The van der Waals surface area contributed by atoms with Crippen molar-refractivity contribution in [2.75, 3.05) is 5.88 Å². The molecule has 0 unspecified atom stereocenters. The van der Waals surface area contributed by atoms with Crippen molar-refractivity contribution in [3.63, 3.8) is 0 Å². The lowest BCUT2D eigenvalue weighted by molar-refractivity contribution is 0.579. The molecule has 0 heterocycles. The highest BCUT2D eigenvalue weighted by Crippen LogP contribution is 2.14. The molecule has 0 saturated heterocycles. The van der Waals surface area contributed by atoms with Gasteiger partial charge in [-0.05, 0) is 20.8 Å². The molecule has 8 heavy (non-hydrogen) atoms. The van der Waals surface area contributed by atoms with Crippen molar-refractivity contribution in [2.24, 2.45) is 5.41 Å². The smallest absolute Gasteiger partial charge is 0.0393 e. The van der Waals surface area contributed by atoms with Crippen molar-refractivity contribution in [2.45, 2.75) is 20.8 Å². The van der Waals surface area contributed by atoms with Crippen LogP contribution in [0.4, 0.5) is 0 Å². The van der Waals surface area contributed by atoms with E-state index in [0.717, 1.165) is 0 Å². The Morgan fingerprint density at radius 2 is 2.00 bits per heavy atom. The van der Waals surface area contributed by atoms with Crippen LogP contribution in [0, 0.1) is 17.3 Å². The first-order valence-electron chi connectivity index (χ1n) is 2.62. The Kier molecular flexibility index (Phi) is 2.94. The molecule has 0 nitrogen and oxygen atoms in total. The molecule has 0 saturated carbocycles. The van der Waals surface area contributed by atoms with E-state index in [-0.39, 0.29) is 5.41 Å². The number of rotatable bonds is 1. The maximum atomic E-state index is 5.57. The van der Waals surface area contributed by atoms with Crippen LogP contribution in [-0.4, -0.2) is 5.88 Å². The van der Waals surface area contributed by atoms with Gasteiger partial charge in [-0.25, -0.2) is 0 Å². The molecule has 0 aromatic rings. The zero-order chi connectivity index (χ0) is 6.62. The summed E-state index contributed by atoms with van der Waals surface area (Å²) in [5.41, 5.74) is -0.00367. The second-order valence-electron chi connectivity index (χ2n) is 2.39. The first kappa shape index (κ1) is 7.85. The van der Waals surface area contributed by atoms with Crippen LogP contribution in [0.2, 0.25) is 0 Å². The van der Waals surface area contributed by atoms with E-state index in [1.807, 2.05) is 20.8 Å². The van der Waals surface area contributed by atoms with Crippen LogP contribution in [0.5, 0.6) is 0 Å². The molecule has 0 aromatic heterocycles. The maximum Gasteiger partial charge on any atom is 0.0393 e. The molecule has 0 bridgehead atoms. The monoisotopic (exact) mass is 130 g/mol. The normalized spacial score (nSPS) is 10.0. The fourth-order valence-corrected chi connectivity index (χ4v) is 0.439. The summed E-state index contributed by atoms with van der Waals surface area (Å²) >= 11 is 5.57. The first-order chi connectivity index (χ1) is 3.62. The predicted molar refractivity (Wildman–Crippen MR) is 38.0 cm³/mol. The van der Waals surface area contributed by atoms with Crippen molar-refractivity contribution in [1.29, 1.82) is 0 Å². The second-order valence-corrected chi connectivity index (χ2v) is 2.66. The van der Waals surface area contributed by atoms with Gasteiger partial charge in [-0.1, -0.05) is 5.92 Å². The van der Waals surface area contributed by atoms with E-state index in [1.165, 1.54) is 0 Å². The molecule has 46 valence electrons. The summed E-state index contributed by atoms with van der Waals surface area (Å²) in [4.78, 5) is 0. The molecular weight excluding hydrogens is 120 g/mol. The molecule has 0 radical (unpaired) electrons. The van der Waals surface area contributed by atoms with Gasteiger partial charge in [0.25, 0.3) is 0 Å². The Bertz CT molecular complexity index is 114. The van der Waals surface area contributed by atoms with E-state index in [4.69, 9.17) is 11.6 Å². The predicted octanol–water partition coefficient (Wildman–Crippen LogP) is 2.27. The van der Waals surface area contributed by atoms with Gasteiger partial charge in [-0.2, -0.15) is 0 Å². The van der Waals surface area contributed by atoms with Crippen molar-refractivity contribution < 1.29 is 0 Å². The lowest BCUT2D eigenvalue weighted by atomic mass is 9.98. The number of halogens is 1. The van der Waals surface area contributed by atoms with E-state index in [2.05, 4.69) is 11.8 Å². The third-order valence-electron chi connectivity index (χ3n) is 0.797. The minimum Gasteiger partial charge on any atom is -0.125 e. The van der Waals surface area contributed by atoms with Gasteiger partial charge >= 0.3 is 0 Å². The van der Waals surface area contributed by atoms with Crippen molar-refractivity contribution >= 4 is 11.6 Å². The van der Waals surface area contributed by atoms with E-state index >= 15 is 0 Å². The van der Waals surface area contributed by atoms with Gasteiger partial charge in [0.05, 0.1) is 0 Å². The van der Waals surface area contributed by atoms with Crippen LogP contribution in [-0.2, 0) is 0 Å². The Labute approximate surface area is 56.2 Å². The Morgan fingerprint density at radius 3 is 2.12 bits per heavy atom. The van der Waals surface area contributed by atoms with Crippen molar-refractivity contribution in [3.8, 4) is 11.8 Å². The van der Waals surface area contributed by atoms with Gasteiger partial charge in [0.1, 0.15) is 0 Å². The van der Waals surface area contributed by atoms with Gasteiger partial charge in [0.2, 0.25) is 0 Å². The Morgan fingerprint density at radius 1 is 1.50 bits per heavy atom. The standard InChI is InChI=1S/C7H11Cl/c1-4-5-7(2,3)6-8/h6H2,1-3H3. The average Bonchev–Trinajstić information content (AvgIpc) is 1.67. The van der Waals surface area contributed by atoms with E-state index in [0.29, 0.717) is 5.88 Å². The molecule has 0 aliphatic rings. The van der Waals surface area contributed by atoms with Gasteiger partial charge in [0.15, 0.2) is 0 Å². The molecule has 0 rings (SSSR count). The third-order valence-corrected chi connectivity index (χ3v) is 1.47. The van der Waals surface area contributed by atoms with Gasteiger partial charge in [-0.3, -0.25) is 0 Å². The topological polar surface area (TPSA) is 0 Å². The summed E-state index contributed by atoms with van der Waals surface area (Å²) in [6.07, 6.45) is 0. The van der Waals surface area contributed by atoms with Gasteiger partial charge < -0.3 is 0 Å². The molecule has 0 spiro atoms. The molecule has 0 aliphatic heterocycles. The summed E-state index contributed by atoms with van der Waals surface area (Å²) in [5, 5.41) is 0. The quantitative estimate of drug-likeness (QED) is 0.377. The molecule has 0 fully saturated rings. The van der Waals surface area contributed by atoms with Crippen molar-refractivity contribution in [1.82, 2.24) is 0 Å². The van der Waals surface area contributed by atoms with Gasteiger partial charge in [-0.15, -0.1) is 17.5 Å². The minimum absolute atomic E-state index is 0.00367. The number of hydrogen-bond acceptors (Lipinski definition) is 0. The van der Waals surface area contributed by atoms with E-state index < -0.39 is 0 Å². The van der Waals surface area contributed by atoms with Gasteiger partial charge in [0, 0.05) is 11.3 Å². The lowest BCUT2D eigenvalue weighted by Crippen LogP contribution is -2.08. The van der Waals surface area contributed by atoms with Crippen LogP contribution in [0.3, 0.4) is 0 Å². The van der Waals surface area contributed by atoms with Crippen molar-refractivity contribution in [3.05, 3.63) is 0 Å². The second kappa shape index (κ2) is 2.99. The summed E-state index contributed by atoms with van der Waals surface area (Å²) < 4.78 is 0. The molecule has 0 aromatic carbocycles. The fourth-order valence-electron chi connectivity index (χ4n) is 0.372. The average molecular weight is 131 g/mol. The zero-order valence-corrected chi connectivity index (χ0v) is 6.34. The Balaban J connectivity index is 3.85. The van der Waals surface area contributed by atoms with Crippen LogP contribution < -0.4 is 0 Å². The summed E-state index contributed by atoms with van der Waals surface area (Å²) in [6, 6.07) is 0. The van der Waals surface area contributed by atoms with Crippen LogP contribution in [0.15, 0.2) is 0 Å². The lowest BCUT2D eigenvalue weighted by Gasteiger charge is -2.10. The largest absolute Gasteiger partial charge is 0.125 e. The van der Waals surface area contributed by atoms with E-state index in [9.17, 15) is 0 Å². The minimum atomic E-state index is -0.00367. The first-order valence-corrected chi connectivity index (χ1v) is 3.16. The highest BCUT2D eigenvalue weighted by atomic mass is 35.5. The summed E-state index contributed by atoms with van der Waals surface area (Å²) in [5.74, 6) is 6.42. The highest BCUT2D eigenvalue weighted by molar-refractivity contribution is 6.18. The number of alkyl halides is 1. The third kappa shape index (κ3) is 2.93. The molecule has 0 atom stereocenters. The fraction of sp³-hybridized carbons (Fsp3) is 0.714. The highest BCUT2D eigenvalue weighted by Gasteiger charge is 2.10. The SMILES string of the molecule is CC#CC(C)(C)CCl. The van der Waals surface area contributed by atoms with Crippen LogP contribution in [0.25, 0.3) is 0 Å². The Hall–Kier alpha value is -0.150. The van der Waals surface area contributed by atoms with Crippen LogP contribution in [0.1, 0.15) is 20.8 Å². The maximum absolute atomic E-state index is 5.57.